The Bertz CT molecular complexity index is 1050. The molecule has 5 nitrogen and oxygen atoms in total. The van der Waals surface area contributed by atoms with Gasteiger partial charge in [0.25, 0.3) is 0 Å². The second-order valence-electron chi connectivity index (χ2n) is 12.1. The third-order valence-electron chi connectivity index (χ3n) is 7.66. The van der Waals surface area contributed by atoms with Crippen LogP contribution >= 0.6 is 0 Å². The normalized spacial score (nSPS) is 21.1. The number of ether oxygens (including phenoxy) is 2. The third kappa shape index (κ3) is 5.60. The minimum absolute atomic E-state index is 0.0462. The molecule has 4 rings (SSSR count). The first-order valence-electron chi connectivity index (χ1n) is 12.7. The fraction of sp³-hybridized carbons (Fsp3) is 0.586. The Morgan fingerprint density at radius 3 is 2.26 bits per heavy atom. The molecular weight excluding hydrogens is 456 g/mol. The van der Waals surface area contributed by atoms with Crippen LogP contribution in [0.4, 0.5) is 0 Å². The first-order valence-corrected chi connectivity index (χ1v) is 13.9. The summed E-state index contributed by atoms with van der Waals surface area (Å²) in [7, 11) is 0.531. The van der Waals surface area contributed by atoms with Crippen LogP contribution in [0, 0.1) is 5.41 Å². The Kier molecular flexibility index (Phi) is 7.38. The van der Waals surface area contributed by atoms with E-state index in [9.17, 15) is 4.21 Å². The van der Waals surface area contributed by atoms with Crippen molar-refractivity contribution in [1.29, 1.82) is 0 Å². The molecule has 1 spiro atoms. The number of nitrogens with one attached hydrogen (secondary N) is 1. The predicted molar refractivity (Wildman–Crippen MR) is 144 cm³/mol. The molecule has 0 bridgehead atoms. The Hall–Kier alpha value is -1.89. The fourth-order valence-corrected chi connectivity index (χ4v) is 6.35. The monoisotopic (exact) mass is 498 g/mol. The summed E-state index contributed by atoms with van der Waals surface area (Å²) in [6.45, 7) is 15.6. The largest absolute Gasteiger partial charge is 0.497 e. The van der Waals surface area contributed by atoms with Crippen molar-refractivity contribution in [3.05, 3.63) is 59.2 Å². The molecule has 1 fully saturated rings. The Balaban J connectivity index is 1.61. The molecule has 2 aromatic carbocycles. The van der Waals surface area contributed by atoms with E-state index in [1.54, 1.807) is 7.11 Å². The first-order chi connectivity index (χ1) is 16.4. The number of nitrogens with zero attached hydrogens (tertiary/aromatic N) is 1. The summed E-state index contributed by atoms with van der Waals surface area (Å²) in [5.41, 5.74) is 3.84. The van der Waals surface area contributed by atoms with E-state index in [1.165, 1.54) is 11.1 Å². The van der Waals surface area contributed by atoms with E-state index in [1.807, 2.05) is 45.0 Å². The van der Waals surface area contributed by atoms with Gasteiger partial charge in [0.15, 0.2) is 0 Å². The van der Waals surface area contributed by atoms with Gasteiger partial charge >= 0.3 is 0 Å². The molecule has 0 amide bonds. The number of hydrogen-bond acceptors (Lipinski definition) is 4. The van der Waals surface area contributed by atoms with Gasteiger partial charge in [-0.1, -0.05) is 24.3 Å². The van der Waals surface area contributed by atoms with Crippen LogP contribution in [0.2, 0.25) is 0 Å². The summed E-state index contributed by atoms with van der Waals surface area (Å²) in [5.74, 6) is 1.79. The lowest BCUT2D eigenvalue weighted by atomic mass is 9.72. The van der Waals surface area contributed by atoms with Crippen molar-refractivity contribution < 1.29 is 13.7 Å². The molecule has 1 aliphatic heterocycles. The average molecular weight is 499 g/mol. The molecule has 2 aliphatic rings. The minimum atomic E-state index is -1.15. The maximum atomic E-state index is 13.3. The number of hydrogen-bond donors (Lipinski definition) is 1. The van der Waals surface area contributed by atoms with E-state index in [0.717, 1.165) is 49.4 Å². The topological polar surface area (TPSA) is 50.8 Å². The molecular formula is C29H42N2O3S. The van der Waals surface area contributed by atoms with Gasteiger partial charge in [-0.2, -0.15) is 0 Å². The molecule has 2 aromatic rings. The molecule has 35 heavy (non-hydrogen) atoms. The van der Waals surface area contributed by atoms with Gasteiger partial charge in [0.1, 0.15) is 18.1 Å². The van der Waals surface area contributed by atoms with Gasteiger partial charge in [-0.25, -0.2) is 8.93 Å². The number of methoxy groups -OCH3 is 1. The third-order valence-corrected chi connectivity index (χ3v) is 9.23. The zero-order valence-electron chi connectivity index (χ0n) is 22.4. The van der Waals surface area contributed by atoms with Crippen LogP contribution in [0.1, 0.15) is 77.1 Å². The molecule has 1 N–H and O–H groups in total. The zero-order chi connectivity index (χ0) is 25.4. The van der Waals surface area contributed by atoms with Crippen molar-refractivity contribution in [1.82, 2.24) is 9.62 Å². The highest BCUT2D eigenvalue weighted by Gasteiger charge is 2.50. The van der Waals surface area contributed by atoms with Gasteiger partial charge in [0, 0.05) is 5.54 Å². The Morgan fingerprint density at radius 2 is 1.69 bits per heavy atom. The molecule has 192 valence electrons. The van der Waals surface area contributed by atoms with Crippen molar-refractivity contribution in [3.63, 3.8) is 0 Å². The molecule has 6 heteroatoms. The van der Waals surface area contributed by atoms with Crippen LogP contribution in [0.3, 0.4) is 0 Å². The predicted octanol–water partition coefficient (Wildman–Crippen LogP) is 5.80. The molecule has 0 aromatic heterocycles. The fourth-order valence-electron chi connectivity index (χ4n) is 5.40. The second-order valence-corrected chi connectivity index (χ2v) is 14.1. The molecule has 2 atom stereocenters. The molecule has 0 unspecified atom stereocenters. The minimum Gasteiger partial charge on any atom is -0.497 e. The molecule has 1 saturated heterocycles. The summed E-state index contributed by atoms with van der Waals surface area (Å²) in [6.07, 6.45) is 3.11. The highest BCUT2D eigenvalue weighted by molar-refractivity contribution is 7.84. The lowest BCUT2D eigenvalue weighted by molar-refractivity contribution is 0.0316. The maximum absolute atomic E-state index is 13.3. The lowest BCUT2D eigenvalue weighted by Crippen LogP contribution is -2.52. The quantitative estimate of drug-likeness (QED) is 0.547. The smallest absolute Gasteiger partial charge is 0.123 e. The zero-order valence-corrected chi connectivity index (χ0v) is 23.3. The van der Waals surface area contributed by atoms with E-state index in [2.05, 4.69) is 48.6 Å². The van der Waals surface area contributed by atoms with Gasteiger partial charge < -0.3 is 9.47 Å². The number of piperidine rings is 1. The van der Waals surface area contributed by atoms with Crippen LogP contribution in [-0.4, -0.2) is 39.6 Å². The van der Waals surface area contributed by atoms with Crippen molar-refractivity contribution >= 4 is 11.0 Å². The second kappa shape index (κ2) is 9.87. The van der Waals surface area contributed by atoms with Gasteiger partial charge in [-0.05, 0) is 114 Å². The summed E-state index contributed by atoms with van der Waals surface area (Å²) in [4.78, 5) is 2.58. The molecule has 1 aliphatic carbocycles. The summed E-state index contributed by atoms with van der Waals surface area (Å²) in [5, 5.41) is 0. The van der Waals surface area contributed by atoms with E-state index in [-0.39, 0.29) is 21.7 Å². The van der Waals surface area contributed by atoms with E-state index >= 15 is 0 Å². The average Bonchev–Trinajstić information content (AvgIpc) is 3.10. The number of rotatable bonds is 6. The highest BCUT2D eigenvalue weighted by Crippen LogP contribution is 2.55. The van der Waals surface area contributed by atoms with Gasteiger partial charge in [-0.3, -0.25) is 4.90 Å². The summed E-state index contributed by atoms with van der Waals surface area (Å²) in [6, 6.07) is 14.5. The van der Waals surface area contributed by atoms with Crippen molar-refractivity contribution in [2.75, 3.05) is 20.2 Å². The van der Waals surface area contributed by atoms with E-state index in [4.69, 9.17) is 9.47 Å². The Morgan fingerprint density at radius 1 is 1.03 bits per heavy atom. The summed E-state index contributed by atoms with van der Waals surface area (Å²) >= 11 is 0. The van der Waals surface area contributed by atoms with Crippen molar-refractivity contribution in [3.8, 4) is 11.5 Å². The number of benzene rings is 2. The lowest BCUT2D eigenvalue weighted by Gasteiger charge is -2.48. The number of likely N-dealkylation sites (tertiary alicyclic amines) is 1. The number of fused-ring (bicyclic) bond motifs is 1. The molecule has 0 radical (unpaired) electrons. The molecule has 0 saturated carbocycles. The standard InChI is InChI=1S/C29H42N2O3S/c1-27(2,3)31-17-15-29(16-18-31)19-24-23(26(29)30-35(32)28(4,5)6)9-8-10-25(24)34-20-21-11-13-22(33-7)14-12-21/h8-14,26,30H,15-20H2,1-7H3/t26-,35-/m1/s1. The van der Waals surface area contributed by atoms with Crippen molar-refractivity contribution in [2.45, 2.75) is 83.7 Å². The van der Waals surface area contributed by atoms with Crippen LogP contribution < -0.4 is 14.2 Å². The van der Waals surface area contributed by atoms with Gasteiger partial charge in [0.05, 0.1) is 28.9 Å². The maximum Gasteiger partial charge on any atom is 0.123 e. The molecule has 1 heterocycles. The van der Waals surface area contributed by atoms with Crippen LogP contribution in [0.25, 0.3) is 0 Å². The van der Waals surface area contributed by atoms with Crippen LogP contribution in [0.15, 0.2) is 42.5 Å². The highest BCUT2D eigenvalue weighted by atomic mass is 32.2. The SMILES string of the molecule is COc1ccc(COc2cccc3c2CC2(CCN(C(C)(C)C)CC2)[C@@H]3N[S@](=O)C(C)(C)C)cc1. The first kappa shape index (κ1) is 26.2. The summed E-state index contributed by atoms with van der Waals surface area (Å²) < 4.78 is 28.2. The van der Waals surface area contributed by atoms with Crippen LogP contribution in [0.5, 0.6) is 11.5 Å². The van der Waals surface area contributed by atoms with E-state index < -0.39 is 11.0 Å². The van der Waals surface area contributed by atoms with Crippen LogP contribution in [-0.2, 0) is 24.0 Å². The van der Waals surface area contributed by atoms with E-state index in [0.29, 0.717) is 6.61 Å². The van der Waals surface area contributed by atoms with Gasteiger partial charge in [0.2, 0.25) is 0 Å². The Labute approximate surface area is 214 Å². The van der Waals surface area contributed by atoms with Gasteiger partial charge in [-0.15, -0.1) is 0 Å². The van der Waals surface area contributed by atoms with Crippen molar-refractivity contribution in [2.24, 2.45) is 5.41 Å².